The maximum absolute atomic E-state index is 12.8. The third kappa shape index (κ3) is 6.40. The molecular formula is C34H47N7O4. The standard InChI is InChI=1S/C34H47N7O4/c1-2-26-30(36-18-28(32(42)43)40-33(44)45-19-34-15-21-12-22(16-34)14-23(13-21)17-34)37-20-38-31(26)41-10-7-24(8-11-41)27-6-5-25-4-3-9-35-29(25)39-27/h5-6,20-24,28H,2-4,7-19H2,1H3,(H,35,39)(H,40,44)(H,42,43)(H,36,37,38). The number of hydrogen-bond acceptors (Lipinski definition) is 9. The summed E-state index contributed by atoms with van der Waals surface area (Å²) in [5, 5.41) is 19.1. The molecule has 4 N–H and O–H groups in total. The minimum absolute atomic E-state index is 0.00857. The van der Waals surface area contributed by atoms with E-state index in [0.717, 1.165) is 105 Å². The van der Waals surface area contributed by atoms with Crippen LogP contribution < -0.4 is 20.9 Å². The first-order chi connectivity index (χ1) is 21.9. The number of carbonyl (C=O) groups is 2. The van der Waals surface area contributed by atoms with Crippen LogP contribution in [-0.2, 0) is 22.4 Å². The molecule has 4 bridgehead atoms. The number of piperidine rings is 1. The number of aliphatic carboxylic acids is 1. The monoisotopic (exact) mass is 617 g/mol. The summed E-state index contributed by atoms with van der Waals surface area (Å²) in [4.78, 5) is 41.3. The molecule has 5 fully saturated rings. The summed E-state index contributed by atoms with van der Waals surface area (Å²) in [7, 11) is 0. The van der Waals surface area contributed by atoms with E-state index in [1.54, 1.807) is 0 Å². The number of alkyl carbamates (subject to hydrolysis) is 1. The van der Waals surface area contributed by atoms with Gasteiger partial charge in [-0.05, 0) is 100 Å². The quantitative estimate of drug-likeness (QED) is 0.288. The van der Waals surface area contributed by atoms with Crippen molar-refractivity contribution >= 4 is 29.5 Å². The fourth-order valence-electron chi connectivity index (χ4n) is 9.38. The van der Waals surface area contributed by atoms with E-state index in [4.69, 9.17) is 9.72 Å². The van der Waals surface area contributed by atoms with Crippen molar-refractivity contribution in [3.05, 3.63) is 35.3 Å². The zero-order chi connectivity index (χ0) is 31.0. The van der Waals surface area contributed by atoms with Gasteiger partial charge >= 0.3 is 12.1 Å². The number of nitrogens with zero attached hydrogens (tertiary/aromatic N) is 4. The molecule has 1 unspecified atom stereocenters. The molecule has 1 amide bonds. The molecule has 2 aromatic rings. The molecule has 4 aliphatic carbocycles. The summed E-state index contributed by atoms with van der Waals surface area (Å²) in [5.41, 5.74) is 3.50. The van der Waals surface area contributed by atoms with E-state index in [1.165, 1.54) is 31.2 Å². The highest BCUT2D eigenvalue weighted by atomic mass is 16.5. The van der Waals surface area contributed by atoms with Gasteiger partial charge in [-0.2, -0.15) is 0 Å². The molecule has 0 radical (unpaired) electrons. The van der Waals surface area contributed by atoms with Gasteiger partial charge in [-0.15, -0.1) is 0 Å². The SMILES string of the molecule is CCc1c(NCC(NC(=O)OCC23CC4CC(CC(C4)C2)C3)C(=O)O)ncnc1N1CCC(c2ccc3c(n2)NCCC3)CC1. The topological polar surface area (TPSA) is 142 Å². The normalized spacial score (nSPS) is 27.8. The van der Waals surface area contributed by atoms with E-state index >= 15 is 0 Å². The van der Waals surface area contributed by atoms with Crippen molar-refractivity contribution in [1.82, 2.24) is 20.3 Å². The van der Waals surface area contributed by atoms with E-state index < -0.39 is 18.1 Å². The van der Waals surface area contributed by atoms with E-state index in [-0.39, 0.29) is 12.0 Å². The molecule has 0 spiro atoms. The third-order valence-corrected chi connectivity index (χ3v) is 11.1. The summed E-state index contributed by atoms with van der Waals surface area (Å²) >= 11 is 0. The van der Waals surface area contributed by atoms with Gasteiger partial charge in [0.2, 0.25) is 0 Å². The van der Waals surface area contributed by atoms with Crippen LogP contribution in [0, 0.1) is 23.2 Å². The fourth-order valence-corrected chi connectivity index (χ4v) is 9.38. The lowest BCUT2D eigenvalue weighted by Gasteiger charge is -2.56. The van der Waals surface area contributed by atoms with Gasteiger partial charge in [0.25, 0.3) is 0 Å². The van der Waals surface area contributed by atoms with Crippen LogP contribution in [0.25, 0.3) is 0 Å². The third-order valence-electron chi connectivity index (χ3n) is 11.1. The number of pyridine rings is 1. The number of carboxylic acid groups (broad SMARTS) is 1. The number of rotatable bonds is 10. The molecule has 8 rings (SSSR count). The number of anilines is 3. The van der Waals surface area contributed by atoms with Crippen LogP contribution >= 0.6 is 0 Å². The minimum atomic E-state index is -1.15. The highest BCUT2D eigenvalue weighted by Crippen LogP contribution is 2.60. The number of carbonyl (C=O) groups excluding carboxylic acids is 1. The Labute approximate surface area is 265 Å². The van der Waals surface area contributed by atoms with Crippen molar-refractivity contribution in [2.24, 2.45) is 23.2 Å². The molecule has 11 heteroatoms. The van der Waals surface area contributed by atoms with Gasteiger partial charge in [0, 0.05) is 48.8 Å². The average Bonchev–Trinajstić information content (AvgIpc) is 3.04. The van der Waals surface area contributed by atoms with Gasteiger partial charge in [-0.3, -0.25) is 0 Å². The molecule has 11 nitrogen and oxygen atoms in total. The Morgan fingerprint density at radius 3 is 2.53 bits per heavy atom. The van der Waals surface area contributed by atoms with Gasteiger partial charge in [-0.1, -0.05) is 13.0 Å². The molecule has 2 aliphatic heterocycles. The number of fused-ring (bicyclic) bond motifs is 1. The molecular weight excluding hydrogens is 570 g/mol. The number of amides is 1. The van der Waals surface area contributed by atoms with Gasteiger partial charge in [0.15, 0.2) is 0 Å². The molecule has 45 heavy (non-hydrogen) atoms. The Morgan fingerprint density at radius 1 is 1.11 bits per heavy atom. The van der Waals surface area contributed by atoms with E-state index in [0.29, 0.717) is 24.8 Å². The van der Waals surface area contributed by atoms with Crippen molar-refractivity contribution < 1.29 is 19.4 Å². The second-order valence-corrected chi connectivity index (χ2v) is 14.3. The van der Waals surface area contributed by atoms with Gasteiger partial charge in [-0.25, -0.2) is 24.5 Å². The first kappa shape index (κ1) is 30.0. The highest BCUT2D eigenvalue weighted by molar-refractivity contribution is 5.80. The minimum Gasteiger partial charge on any atom is -0.480 e. The summed E-state index contributed by atoms with van der Waals surface area (Å²) in [6.45, 7) is 5.13. The number of carboxylic acids is 1. The first-order valence-electron chi connectivity index (χ1n) is 17.1. The summed E-state index contributed by atoms with van der Waals surface area (Å²) in [6.07, 6.45) is 13.1. The lowest BCUT2D eigenvalue weighted by Crippen LogP contribution is -2.50. The maximum Gasteiger partial charge on any atom is 0.407 e. The number of ether oxygens (including phenoxy) is 1. The number of aryl methyl sites for hydroxylation is 1. The second kappa shape index (κ2) is 12.6. The van der Waals surface area contributed by atoms with Crippen molar-refractivity contribution in [3.63, 3.8) is 0 Å². The van der Waals surface area contributed by atoms with Crippen LogP contribution in [0.1, 0.15) is 87.4 Å². The Balaban J connectivity index is 0.941. The molecule has 4 saturated carbocycles. The molecule has 1 saturated heterocycles. The predicted molar refractivity (Wildman–Crippen MR) is 172 cm³/mol. The Hall–Kier alpha value is -3.63. The van der Waals surface area contributed by atoms with Crippen molar-refractivity contribution in [2.75, 3.05) is 48.3 Å². The number of hydrogen-bond donors (Lipinski definition) is 4. The van der Waals surface area contributed by atoms with Crippen LogP contribution in [0.15, 0.2) is 18.5 Å². The summed E-state index contributed by atoms with van der Waals surface area (Å²) in [5.74, 6) is 4.11. The van der Waals surface area contributed by atoms with Crippen LogP contribution in [0.2, 0.25) is 0 Å². The average molecular weight is 618 g/mol. The smallest absolute Gasteiger partial charge is 0.407 e. The Bertz CT molecular complexity index is 1370. The van der Waals surface area contributed by atoms with Crippen LogP contribution in [0.4, 0.5) is 22.2 Å². The molecule has 2 aromatic heterocycles. The Morgan fingerprint density at radius 2 is 1.84 bits per heavy atom. The van der Waals surface area contributed by atoms with Gasteiger partial charge in [0.05, 0.1) is 6.61 Å². The molecule has 0 aromatic carbocycles. The Kier molecular flexibility index (Phi) is 8.44. The van der Waals surface area contributed by atoms with E-state index in [9.17, 15) is 14.7 Å². The van der Waals surface area contributed by atoms with Crippen molar-refractivity contribution in [3.8, 4) is 0 Å². The van der Waals surface area contributed by atoms with Gasteiger partial charge < -0.3 is 30.7 Å². The van der Waals surface area contributed by atoms with Gasteiger partial charge in [0.1, 0.15) is 29.8 Å². The zero-order valence-corrected chi connectivity index (χ0v) is 26.4. The predicted octanol–water partition coefficient (Wildman–Crippen LogP) is 4.98. The zero-order valence-electron chi connectivity index (χ0n) is 26.4. The summed E-state index contributed by atoms with van der Waals surface area (Å²) < 4.78 is 5.69. The first-order valence-corrected chi connectivity index (χ1v) is 17.1. The number of aromatic nitrogens is 3. The fraction of sp³-hybridized carbons (Fsp3) is 0.676. The van der Waals surface area contributed by atoms with Crippen LogP contribution in [0.5, 0.6) is 0 Å². The molecule has 6 aliphatic rings. The lowest BCUT2D eigenvalue weighted by atomic mass is 9.50. The molecule has 4 heterocycles. The maximum atomic E-state index is 12.8. The van der Waals surface area contributed by atoms with Crippen LogP contribution in [-0.4, -0.2) is 70.9 Å². The largest absolute Gasteiger partial charge is 0.480 e. The summed E-state index contributed by atoms with van der Waals surface area (Å²) in [6, 6.07) is 3.28. The molecule has 1 atom stereocenters. The van der Waals surface area contributed by atoms with E-state index in [2.05, 4.69) is 49.9 Å². The van der Waals surface area contributed by atoms with Crippen LogP contribution in [0.3, 0.4) is 0 Å². The highest BCUT2D eigenvalue weighted by Gasteiger charge is 2.51. The van der Waals surface area contributed by atoms with E-state index in [1.807, 2.05) is 0 Å². The molecule has 242 valence electrons. The lowest BCUT2D eigenvalue weighted by molar-refractivity contribution is -0.139. The second-order valence-electron chi connectivity index (χ2n) is 14.3. The van der Waals surface area contributed by atoms with Crippen molar-refractivity contribution in [1.29, 1.82) is 0 Å². The number of nitrogens with one attached hydrogen (secondary N) is 3. The van der Waals surface area contributed by atoms with Crippen molar-refractivity contribution in [2.45, 2.75) is 89.5 Å².